The predicted octanol–water partition coefficient (Wildman–Crippen LogP) is 0.223. The number of hydrogen-bond donors (Lipinski definition) is 0. The lowest BCUT2D eigenvalue weighted by molar-refractivity contribution is -0.383. The summed E-state index contributed by atoms with van der Waals surface area (Å²) in [6.45, 7) is 9.13. The van der Waals surface area contributed by atoms with Crippen molar-refractivity contribution in [2.75, 3.05) is 52.6 Å². The zero-order valence-corrected chi connectivity index (χ0v) is 11.7. The van der Waals surface area contributed by atoms with Gasteiger partial charge in [0.05, 0.1) is 26.3 Å². The van der Waals surface area contributed by atoms with Crippen molar-refractivity contribution >= 4 is 0 Å². The fraction of sp³-hybridized carbons (Fsp3) is 1.00. The highest BCUT2D eigenvalue weighted by Gasteiger charge is 2.27. The molecule has 0 saturated carbocycles. The number of morpholine rings is 2. The summed E-state index contributed by atoms with van der Waals surface area (Å²) >= 11 is 0. The quantitative estimate of drug-likeness (QED) is 0.688. The van der Waals surface area contributed by atoms with Crippen molar-refractivity contribution in [3.05, 3.63) is 0 Å². The molecule has 0 aromatic heterocycles. The molecular formula is C12H24N2O5. The highest BCUT2D eigenvalue weighted by atomic mass is 16.9. The molecule has 2 unspecified atom stereocenters. The van der Waals surface area contributed by atoms with Gasteiger partial charge >= 0.3 is 0 Å². The number of hydroxylamine groups is 4. The van der Waals surface area contributed by atoms with Crippen LogP contribution in [0.2, 0.25) is 0 Å². The van der Waals surface area contributed by atoms with Crippen molar-refractivity contribution in [2.24, 2.45) is 0 Å². The van der Waals surface area contributed by atoms with Crippen LogP contribution in [0.15, 0.2) is 0 Å². The van der Waals surface area contributed by atoms with Crippen molar-refractivity contribution in [3.63, 3.8) is 0 Å². The third-order valence-electron chi connectivity index (χ3n) is 2.93. The fourth-order valence-electron chi connectivity index (χ4n) is 2.08. The van der Waals surface area contributed by atoms with E-state index in [1.807, 2.05) is 24.0 Å². The van der Waals surface area contributed by atoms with Crippen LogP contribution in [0.4, 0.5) is 0 Å². The Morgan fingerprint density at radius 2 is 1.37 bits per heavy atom. The van der Waals surface area contributed by atoms with Gasteiger partial charge in [0.25, 0.3) is 0 Å². The molecule has 19 heavy (non-hydrogen) atoms. The second-order valence-corrected chi connectivity index (χ2v) is 4.37. The second kappa shape index (κ2) is 8.11. The Bertz CT molecular complexity index is 228. The van der Waals surface area contributed by atoms with Crippen LogP contribution >= 0.6 is 0 Å². The standard InChI is InChI=1S/C12H24N2O5/c1-3-15-11-9-13(5-7-17-11)19-14-6-8-18-12(10-14)16-4-2/h11-12H,3-10H2,1-2H3. The summed E-state index contributed by atoms with van der Waals surface area (Å²) in [6, 6.07) is 0. The minimum Gasteiger partial charge on any atom is -0.351 e. The van der Waals surface area contributed by atoms with E-state index in [0.29, 0.717) is 39.5 Å². The molecule has 0 aromatic rings. The van der Waals surface area contributed by atoms with Gasteiger partial charge in [-0.1, -0.05) is 0 Å². The molecule has 2 rings (SSSR count). The summed E-state index contributed by atoms with van der Waals surface area (Å²) < 4.78 is 21.9. The van der Waals surface area contributed by atoms with E-state index in [9.17, 15) is 0 Å². The minimum atomic E-state index is -0.206. The molecule has 0 spiro atoms. The minimum absolute atomic E-state index is 0.206. The molecule has 7 heteroatoms. The smallest absolute Gasteiger partial charge is 0.172 e. The Kier molecular flexibility index (Phi) is 6.45. The van der Waals surface area contributed by atoms with Gasteiger partial charge in [-0.15, -0.1) is 0 Å². The van der Waals surface area contributed by atoms with Gasteiger partial charge in [0.15, 0.2) is 12.6 Å². The predicted molar refractivity (Wildman–Crippen MR) is 67.0 cm³/mol. The normalized spacial score (nSPS) is 30.6. The van der Waals surface area contributed by atoms with Gasteiger partial charge in [-0.05, 0) is 13.8 Å². The lowest BCUT2D eigenvalue weighted by Gasteiger charge is -2.37. The molecule has 0 amide bonds. The summed E-state index contributed by atoms with van der Waals surface area (Å²) in [7, 11) is 0. The van der Waals surface area contributed by atoms with Gasteiger partial charge in [0.1, 0.15) is 0 Å². The molecule has 112 valence electrons. The van der Waals surface area contributed by atoms with Crippen LogP contribution in [-0.2, 0) is 23.9 Å². The first-order valence-electron chi connectivity index (χ1n) is 6.96. The van der Waals surface area contributed by atoms with Crippen molar-refractivity contribution in [2.45, 2.75) is 26.4 Å². The first kappa shape index (κ1) is 15.1. The van der Waals surface area contributed by atoms with Gasteiger partial charge in [0.2, 0.25) is 0 Å². The number of nitrogens with zero attached hydrogens (tertiary/aromatic N) is 2. The molecular weight excluding hydrogens is 252 g/mol. The maximum atomic E-state index is 5.83. The average molecular weight is 276 g/mol. The molecule has 2 heterocycles. The van der Waals surface area contributed by atoms with Crippen molar-refractivity contribution in [1.29, 1.82) is 0 Å². The number of ether oxygens (including phenoxy) is 4. The summed E-state index contributed by atoms with van der Waals surface area (Å²) in [5.74, 6) is 0. The molecule has 2 aliphatic rings. The number of hydrogen-bond acceptors (Lipinski definition) is 7. The van der Waals surface area contributed by atoms with Gasteiger partial charge in [-0.3, -0.25) is 0 Å². The Balaban J connectivity index is 1.73. The van der Waals surface area contributed by atoms with Crippen LogP contribution in [0.25, 0.3) is 0 Å². The largest absolute Gasteiger partial charge is 0.351 e. The monoisotopic (exact) mass is 276 g/mol. The van der Waals surface area contributed by atoms with E-state index >= 15 is 0 Å². The molecule has 2 saturated heterocycles. The van der Waals surface area contributed by atoms with Crippen molar-refractivity contribution in [1.82, 2.24) is 10.1 Å². The highest BCUT2D eigenvalue weighted by Crippen LogP contribution is 2.12. The van der Waals surface area contributed by atoms with Crippen LogP contribution in [-0.4, -0.2) is 75.3 Å². The molecule has 2 aliphatic heterocycles. The Labute approximate surface area is 114 Å². The Morgan fingerprint density at radius 1 is 0.895 bits per heavy atom. The second-order valence-electron chi connectivity index (χ2n) is 4.37. The first-order chi connectivity index (χ1) is 9.31. The van der Waals surface area contributed by atoms with Crippen LogP contribution in [0.3, 0.4) is 0 Å². The van der Waals surface area contributed by atoms with Crippen LogP contribution in [0.1, 0.15) is 13.8 Å². The molecule has 2 fully saturated rings. The lowest BCUT2D eigenvalue weighted by Crippen LogP contribution is -2.51. The maximum absolute atomic E-state index is 5.83. The SMILES string of the molecule is CCOC1CN(ON2CCOC(OCC)C2)CCO1. The van der Waals surface area contributed by atoms with Gasteiger partial charge in [-0.25, -0.2) is 4.94 Å². The Hall–Kier alpha value is -0.280. The average Bonchev–Trinajstić information content (AvgIpc) is 2.40. The molecule has 0 aromatic carbocycles. The zero-order chi connectivity index (χ0) is 13.5. The molecule has 2 atom stereocenters. The van der Waals surface area contributed by atoms with E-state index in [-0.39, 0.29) is 12.6 Å². The topological polar surface area (TPSA) is 52.6 Å². The van der Waals surface area contributed by atoms with Crippen LogP contribution < -0.4 is 0 Å². The van der Waals surface area contributed by atoms with E-state index in [1.54, 1.807) is 0 Å². The van der Waals surface area contributed by atoms with Crippen molar-refractivity contribution in [3.8, 4) is 0 Å². The van der Waals surface area contributed by atoms with Crippen LogP contribution in [0.5, 0.6) is 0 Å². The maximum Gasteiger partial charge on any atom is 0.172 e. The van der Waals surface area contributed by atoms with E-state index < -0.39 is 0 Å². The third kappa shape index (κ3) is 4.96. The van der Waals surface area contributed by atoms with E-state index in [4.69, 9.17) is 23.9 Å². The molecule has 0 N–H and O–H groups in total. The lowest BCUT2D eigenvalue weighted by atomic mass is 10.5. The molecule has 0 radical (unpaired) electrons. The van der Waals surface area contributed by atoms with Gasteiger partial charge in [-0.2, -0.15) is 10.1 Å². The van der Waals surface area contributed by atoms with E-state index in [1.165, 1.54) is 0 Å². The Morgan fingerprint density at radius 3 is 1.79 bits per heavy atom. The van der Waals surface area contributed by atoms with Crippen molar-refractivity contribution < 1.29 is 23.9 Å². The molecule has 7 nitrogen and oxygen atoms in total. The first-order valence-corrected chi connectivity index (χ1v) is 6.96. The third-order valence-corrected chi connectivity index (χ3v) is 2.93. The summed E-state index contributed by atoms with van der Waals surface area (Å²) in [5, 5.41) is 3.75. The fourth-order valence-corrected chi connectivity index (χ4v) is 2.08. The number of rotatable bonds is 6. The van der Waals surface area contributed by atoms with Gasteiger partial charge < -0.3 is 18.9 Å². The van der Waals surface area contributed by atoms with E-state index in [2.05, 4.69) is 0 Å². The van der Waals surface area contributed by atoms with Gasteiger partial charge in [0, 0.05) is 26.3 Å². The summed E-state index contributed by atoms with van der Waals surface area (Å²) in [5.41, 5.74) is 0. The summed E-state index contributed by atoms with van der Waals surface area (Å²) in [6.07, 6.45) is -0.412. The molecule has 0 bridgehead atoms. The highest BCUT2D eigenvalue weighted by molar-refractivity contribution is 4.61. The van der Waals surface area contributed by atoms with Crippen LogP contribution in [0, 0.1) is 0 Å². The zero-order valence-electron chi connectivity index (χ0n) is 11.7. The molecule has 0 aliphatic carbocycles. The summed E-state index contributed by atoms with van der Waals surface area (Å²) in [4.78, 5) is 5.83. The van der Waals surface area contributed by atoms with E-state index in [0.717, 1.165) is 13.1 Å².